The lowest BCUT2D eigenvalue weighted by molar-refractivity contribution is -0.627. The van der Waals surface area contributed by atoms with Crippen LogP contribution in [0, 0.1) is 0 Å². The van der Waals surface area contributed by atoms with Crippen molar-refractivity contribution in [3.63, 3.8) is 0 Å². The highest BCUT2D eigenvalue weighted by Gasteiger charge is 2.17. The SMILES string of the molecule is O/N=C/c1cc[n+](-c2ccc(-[n+]3ccc(/C=N/O)cc3)o2)cc1. The minimum absolute atomic E-state index is 0.654. The van der Waals surface area contributed by atoms with E-state index in [1.807, 2.05) is 46.1 Å². The molecule has 0 aromatic carbocycles. The number of hydrogen-bond donors (Lipinski definition) is 2. The average molecular weight is 310 g/mol. The van der Waals surface area contributed by atoms with Gasteiger partial charge in [0.15, 0.2) is 24.8 Å². The molecule has 3 heterocycles. The Balaban J connectivity index is 1.84. The van der Waals surface area contributed by atoms with Crippen molar-refractivity contribution in [2.45, 2.75) is 0 Å². The number of pyridine rings is 2. The molecule has 3 rings (SSSR count). The Kier molecular flexibility index (Phi) is 4.10. The van der Waals surface area contributed by atoms with Crippen LogP contribution in [0.15, 0.2) is 75.9 Å². The first-order valence-corrected chi connectivity index (χ1v) is 6.78. The van der Waals surface area contributed by atoms with Crippen LogP contribution in [0.3, 0.4) is 0 Å². The minimum atomic E-state index is 0.654. The smallest absolute Gasteiger partial charge is 0.383 e. The van der Waals surface area contributed by atoms with Crippen LogP contribution in [0.2, 0.25) is 0 Å². The number of rotatable bonds is 4. The molecule has 0 spiro atoms. The van der Waals surface area contributed by atoms with E-state index in [-0.39, 0.29) is 0 Å². The summed E-state index contributed by atoms with van der Waals surface area (Å²) < 4.78 is 9.44. The van der Waals surface area contributed by atoms with Gasteiger partial charge in [0.1, 0.15) is 0 Å². The van der Waals surface area contributed by atoms with E-state index < -0.39 is 0 Å². The predicted molar refractivity (Wildman–Crippen MR) is 80.5 cm³/mol. The second-order valence-corrected chi connectivity index (χ2v) is 4.68. The first kappa shape index (κ1) is 14.5. The third kappa shape index (κ3) is 3.24. The zero-order valence-corrected chi connectivity index (χ0v) is 12.0. The van der Waals surface area contributed by atoms with Gasteiger partial charge < -0.3 is 14.8 Å². The van der Waals surface area contributed by atoms with E-state index in [0.717, 1.165) is 11.1 Å². The summed E-state index contributed by atoms with van der Waals surface area (Å²) in [5, 5.41) is 23.0. The van der Waals surface area contributed by atoms with Gasteiger partial charge in [0, 0.05) is 35.4 Å². The van der Waals surface area contributed by atoms with E-state index in [1.54, 1.807) is 24.3 Å². The van der Waals surface area contributed by atoms with Gasteiger partial charge in [-0.2, -0.15) is 0 Å². The van der Waals surface area contributed by atoms with Crippen molar-refractivity contribution >= 4 is 12.4 Å². The van der Waals surface area contributed by atoms with Crippen LogP contribution in [0.4, 0.5) is 0 Å². The fourth-order valence-electron chi connectivity index (χ4n) is 2.07. The van der Waals surface area contributed by atoms with Crippen LogP contribution < -0.4 is 9.13 Å². The van der Waals surface area contributed by atoms with Crippen LogP contribution in [-0.2, 0) is 0 Å². The molecular formula is C16H14N4O3+2. The maximum atomic E-state index is 8.51. The molecule has 7 heteroatoms. The highest BCUT2D eigenvalue weighted by Crippen LogP contribution is 2.07. The maximum absolute atomic E-state index is 8.51. The molecule has 0 atom stereocenters. The van der Waals surface area contributed by atoms with Crippen LogP contribution >= 0.6 is 0 Å². The second-order valence-electron chi connectivity index (χ2n) is 4.68. The van der Waals surface area contributed by atoms with Gasteiger partial charge in [-0.25, -0.2) is 0 Å². The molecule has 0 amide bonds. The quantitative estimate of drug-likeness (QED) is 0.331. The van der Waals surface area contributed by atoms with Crippen molar-refractivity contribution in [2.75, 3.05) is 0 Å². The van der Waals surface area contributed by atoms with Crippen molar-refractivity contribution in [1.29, 1.82) is 0 Å². The molecule has 0 saturated heterocycles. The molecule has 2 N–H and O–H groups in total. The van der Waals surface area contributed by atoms with Gasteiger partial charge in [-0.3, -0.25) is 0 Å². The van der Waals surface area contributed by atoms with Gasteiger partial charge in [0.2, 0.25) is 0 Å². The minimum Gasteiger partial charge on any atom is -0.411 e. The Bertz CT molecular complexity index is 767. The number of nitrogens with zero attached hydrogens (tertiary/aromatic N) is 4. The summed E-state index contributed by atoms with van der Waals surface area (Å²) in [5.74, 6) is 1.31. The van der Waals surface area contributed by atoms with Gasteiger partial charge in [0.05, 0.1) is 24.6 Å². The summed E-state index contributed by atoms with van der Waals surface area (Å²) in [6.07, 6.45) is 9.95. The molecule has 0 bridgehead atoms. The Morgan fingerprint density at radius 1 is 0.696 bits per heavy atom. The summed E-state index contributed by atoms with van der Waals surface area (Å²) in [4.78, 5) is 0. The molecule has 23 heavy (non-hydrogen) atoms. The first-order valence-electron chi connectivity index (χ1n) is 6.78. The van der Waals surface area contributed by atoms with Crippen molar-refractivity contribution < 1.29 is 24.0 Å². The lowest BCUT2D eigenvalue weighted by Gasteiger charge is -1.92. The van der Waals surface area contributed by atoms with Crippen LogP contribution in [-0.4, -0.2) is 22.8 Å². The zero-order valence-electron chi connectivity index (χ0n) is 12.0. The molecule has 0 aliphatic heterocycles. The van der Waals surface area contributed by atoms with Gasteiger partial charge >= 0.3 is 11.8 Å². The highest BCUT2D eigenvalue weighted by molar-refractivity contribution is 5.78. The van der Waals surface area contributed by atoms with Gasteiger partial charge in [-0.05, 0) is 0 Å². The van der Waals surface area contributed by atoms with E-state index in [0.29, 0.717) is 11.8 Å². The number of oxime groups is 2. The van der Waals surface area contributed by atoms with E-state index in [2.05, 4.69) is 10.3 Å². The van der Waals surface area contributed by atoms with Crippen molar-refractivity contribution in [3.8, 4) is 11.8 Å². The molecule has 0 radical (unpaired) electrons. The maximum Gasteiger partial charge on any atom is 0.383 e. The van der Waals surface area contributed by atoms with Crippen molar-refractivity contribution in [1.82, 2.24) is 0 Å². The normalized spacial score (nSPS) is 11.5. The van der Waals surface area contributed by atoms with Gasteiger partial charge in [0.25, 0.3) is 0 Å². The molecule has 3 aromatic rings. The van der Waals surface area contributed by atoms with Gasteiger partial charge in [-0.1, -0.05) is 10.3 Å². The van der Waals surface area contributed by atoms with Gasteiger partial charge in [-0.15, -0.1) is 9.13 Å². The monoisotopic (exact) mass is 310 g/mol. The molecule has 7 nitrogen and oxygen atoms in total. The summed E-state index contributed by atoms with van der Waals surface area (Å²) in [6, 6.07) is 10.9. The molecule has 0 aliphatic carbocycles. The number of hydrogen-bond acceptors (Lipinski definition) is 5. The summed E-state index contributed by atoms with van der Waals surface area (Å²) in [7, 11) is 0. The summed E-state index contributed by atoms with van der Waals surface area (Å²) >= 11 is 0. The molecule has 0 fully saturated rings. The van der Waals surface area contributed by atoms with E-state index in [4.69, 9.17) is 14.8 Å². The molecule has 3 aromatic heterocycles. The number of furan rings is 1. The summed E-state index contributed by atoms with van der Waals surface area (Å²) in [5.41, 5.74) is 1.57. The lowest BCUT2D eigenvalue weighted by atomic mass is 10.3. The topological polar surface area (TPSA) is 86.1 Å². The van der Waals surface area contributed by atoms with E-state index in [1.165, 1.54) is 12.4 Å². The Hall–Kier alpha value is -3.48. The molecule has 0 saturated carbocycles. The molecule has 0 aliphatic rings. The lowest BCUT2D eigenvalue weighted by Crippen LogP contribution is -2.30. The van der Waals surface area contributed by atoms with Crippen molar-refractivity contribution in [2.24, 2.45) is 10.3 Å². The average Bonchev–Trinajstić information content (AvgIpc) is 3.07. The van der Waals surface area contributed by atoms with Crippen LogP contribution in [0.25, 0.3) is 11.8 Å². The Morgan fingerprint density at radius 2 is 1.09 bits per heavy atom. The third-order valence-corrected chi connectivity index (χ3v) is 3.21. The highest BCUT2D eigenvalue weighted by atomic mass is 16.4. The molecular weight excluding hydrogens is 296 g/mol. The van der Waals surface area contributed by atoms with E-state index in [9.17, 15) is 0 Å². The zero-order chi connectivity index (χ0) is 16.1. The number of aromatic nitrogens is 2. The first-order chi connectivity index (χ1) is 11.3. The standard InChI is InChI=1S/C16H12N4O3/c21-17-11-13-3-7-19(8-4-13)15-1-2-16(23-15)20-9-5-14(6-10-20)12-18-22/h1-12H/p+2. The van der Waals surface area contributed by atoms with Crippen LogP contribution in [0.1, 0.15) is 11.1 Å². The molecule has 0 unspecified atom stereocenters. The fraction of sp³-hybridized carbons (Fsp3) is 0. The molecule has 114 valence electrons. The largest absolute Gasteiger partial charge is 0.411 e. The predicted octanol–water partition coefficient (Wildman–Crippen LogP) is 1.45. The Morgan fingerprint density at radius 3 is 1.43 bits per heavy atom. The second kappa shape index (κ2) is 6.52. The van der Waals surface area contributed by atoms with Crippen LogP contribution in [0.5, 0.6) is 0 Å². The summed E-state index contributed by atoms with van der Waals surface area (Å²) in [6.45, 7) is 0. The van der Waals surface area contributed by atoms with E-state index >= 15 is 0 Å². The third-order valence-electron chi connectivity index (χ3n) is 3.21. The fourth-order valence-corrected chi connectivity index (χ4v) is 2.07. The Labute approximate surface area is 131 Å². The van der Waals surface area contributed by atoms with Crippen molar-refractivity contribution in [3.05, 3.63) is 72.3 Å².